The van der Waals surface area contributed by atoms with Crippen molar-refractivity contribution in [1.29, 1.82) is 0 Å². The Hall–Kier alpha value is -1.60. The molecule has 0 aromatic heterocycles. The van der Waals surface area contributed by atoms with Gasteiger partial charge in [-0.3, -0.25) is 9.59 Å². The molecule has 1 unspecified atom stereocenters. The summed E-state index contributed by atoms with van der Waals surface area (Å²) in [5.74, 6) is -0.463. The van der Waals surface area contributed by atoms with Crippen LogP contribution in [0.15, 0.2) is 22.7 Å². The number of nitrogens with zero attached hydrogens (tertiary/aromatic N) is 1. The highest BCUT2D eigenvalue weighted by Crippen LogP contribution is 2.22. The Bertz CT molecular complexity index is 550. The van der Waals surface area contributed by atoms with Crippen LogP contribution in [0.3, 0.4) is 0 Å². The van der Waals surface area contributed by atoms with Gasteiger partial charge in [-0.15, -0.1) is 0 Å². The lowest BCUT2D eigenvalue weighted by molar-refractivity contribution is -0.145. The second-order valence-corrected chi connectivity index (χ2v) is 5.61. The van der Waals surface area contributed by atoms with E-state index in [0.717, 1.165) is 4.47 Å². The van der Waals surface area contributed by atoms with Gasteiger partial charge in [-0.05, 0) is 34.1 Å². The smallest absolute Gasteiger partial charge is 0.308 e. The molecule has 0 saturated carbocycles. The first kappa shape index (κ1) is 15.8. The normalized spacial score (nSPS) is 18.4. The van der Waals surface area contributed by atoms with Crippen LogP contribution in [-0.2, 0) is 14.3 Å². The second kappa shape index (κ2) is 6.91. The summed E-state index contributed by atoms with van der Waals surface area (Å²) in [7, 11) is 1.33. The lowest BCUT2D eigenvalue weighted by Gasteiger charge is -2.32. The monoisotopic (exact) mass is 356 g/mol. The van der Waals surface area contributed by atoms with Gasteiger partial charge in [-0.25, -0.2) is 0 Å². The molecule has 0 bridgehead atoms. The van der Waals surface area contributed by atoms with Crippen LogP contribution in [0.25, 0.3) is 0 Å². The van der Waals surface area contributed by atoms with Crippen molar-refractivity contribution in [2.75, 3.05) is 32.5 Å². The molecular formula is C14H17BrN2O4. The van der Waals surface area contributed by atoms with Crippen molar-refractivity contribution in [3.05, 3.63) is 28.2 Å². The van der Waals surface area contributed by atoms with Crippen LogP contribution in [0.2, 0.25) is 0 Å². The Morgan fingerprint density at radius 3 is 2.95 bits per heavy atom. The number of benzene rings is 1. The summed E-state index contributed by atoms with van der Waals surface area (Å²) >= 11 is 3.30. The molecule has 1 aromatic carbocycles. The first-order valence-corrected chi connectivity index (χ1v) is 7.33. The molecule has 1 atom stereocenters. The van der Waals surface area contributed by atoms with E-state index in [1.54, 1.807) is 23.1 Å². The maximum Gasteiger partial charge on any atom is 0.308 e. The van der Waals surface area contributed by atoms with Gasteiger partial charge in [-0.2, -0.15) is 0 Å². The molecule has 7 heteroatoms. The molecule has 1 aliphatic rings. The first-order chi connectivity index (χ1) is 10.0. The first-order valence-electron chi connectivity index (χ1n) is 6.54. The van der Waals surface area contributed by atoms with Crippen molar-refractivity contribution in [2.24, 2.45) is 0 Å². The van der Waals surface area contributed by atoms with E-state index in [-0.39, 0.29) is 24.4 Å². The Morgan fingerprint density at radius 1 is 1.52 bits per heavy atom. The van der Waals surface area contributed by atoms with Crippen LogP contribution in [0, 0.1) is 0 Å². The third-order valence-corrected chi connectivity index (χ3v) is 4.01. The van der Waals surface area contributed by atoms with E-state index in [2.05, 4.69) is 20.7 Å². The average molecular weight is 357 g/mol. The number of morpholine rings is 1. The number of carbonyl (C=O) groups is 2. The summed E-state index contributed by atoms with van der Waals surface area (Å²) in [4.78, 5) is 25.4. The number of nitrogens with two attached hydrogens (primary N) is 1. The Morgan fingerprint density at radius 2 is 2.29 bits per heavy atom. The van der Waals surface area contributed by atoms with Gasteiger partial charge >= 0.3 is 5.97 Å². The Labute approximate surface area is 131 Å². The molecule has 0 spiro atoms. The van der Waals surface area contributed by atoms with E-state index in [9.17, 15) is 9.59 Å². The number of nitrogen functional groups attached to an aromatic ring is 1. The minimum absolute atomic E-state index is 0.118. The predicted octanol–water partition coefficient (Wildman–Crippen LogP) is 1.44. The summed E-state index contributed by atoms with van der Waals surface area (Å²) in [6.45, 7) is 1.26. The van der Waals surface area contributed by atoms with E-state index in [1.807, 2.05) is 0 Å². The van der Waals surface area contributed by atoms with Crippen LogP contribution < -0.4 is 5.73 Å². The molecule has 1 aromatic rings. The van der Waals surface area contributed by atoms with Crippen LogP contribution >= 0.6 is 15.9 Å². The fraction of sp³-hybridized carbons (Fsp3) is 0.429. The van der Waals surface area contributed by atoms with Gasteiger partial charge in [0.05, 0.1) is 26.2 Å². The fourth-order valence-electron chi connectivity index (χ4n) is 2.16. The second-order valence-electron chi connectivity index (χ2n) is 4.76. The summed E-state index contributed by atoms with van der Waals surface area (Å²) in [6.07, 6.45) is -0.189. The van der Waals surface area contributed by atoms with Gasteiger partial charge in [0.2, 0.25) is 0 Å². The van der Waals surface area contributed by atoms with Gasteiger partial charge in [0.25, 0.3) is 5.91 Å². The van der Waals surface area contributed by atoms with E-state index in [4.69, 9.17) is 10.5 Å². The molecular weight excluding hydrogens is 340 g/mol. The molecule has 21 heavy (non-hydrogen) atoms. The molecule has 1 fully saturated rings. The number of hydrogen-bond acceptors (Lipinski definition) is 5. The van der Waals surface area contributed by atoms with Crippen LogP contribution in [0.5, 0.6) is 0 Å². The summed E-state index contributed by atoms with van der Waals surface area (Å²) < 4.78 is 10.9. The van der Waals surface area contributed by atoms with Gasteiger partial charge in [-0.1, -0.05) is 0 Å². The highest BCUT2D eigenvalue weighted by molar-refractivity contribution is 9.10. The zero-order valence-corrected chi connectivity index (χ0v) is 13.3. The quantitative estimate of drug-likeness (QED) is 0.654. The summed E-state index contributed by atoms with van der Waals surface area (Å²) in [5.41, 5.74) is 6.83. The number of amides is 1. The fourth-order valence-corrected chi connectivity index (χ4v) is 2.40. The van der Waals surface area contributed by atoms with Crippen molar-refractivity contribution in [3.8, 4) is 0 Å². The molecule has 1 aliphatic heterocycles. The third-order valence-electron chi connectivity index (χ3n) is 3.29. The minimum atomic E-state index is -0.345. The van der Waals surface area contributed by atoms with Crippen LogP contribution in [0.4, 0.5) is 5.69 Å². The molecule has 114 valence electrons. The van der Waals surface area contributed by atoms with Crippen molar-refractivity contribution in [2.45, 2.75) is 12.5 Å². The number of esters is 1. The molecule has 1 saturated heterocycles. The number of methoxy groups -OCH3 is 1. The molecule has 2 rings (SSSR count). The molecule has 6 nitrogen and oxygen atoms in total. The molecule has 1 amide bonds. The number of halogens is 1. The number of hydrogen-bond donors (Lipinski definition) is 1. The number of ether oxygens (including phenoxy) is 2. The Kier molecular flexibility index (Phi) is 5.19. The minimum Gasteiger partial charge on any atom is -0.469 e. The number of carbonyl (C=O) groups excluding carboxylic acids is 2. The van der Waals surface area contributed by atoms with Crippen molar-refractivity contribution in [1.82, 2.24) is 4.90 Å². The van der Waals surface area contributed by atoms with E-state index in [0.29, 0.717) is 30.9 Å². The average Bonchev–Trinajstić information content (AvgIpc) is 2.49. The van der Waals surface area contributed by atoms with Crippen molar-refractivity contribution >= 4 is 33.5 Å². The topological polar surface area (TPSA) is 81.9 Å². The van der Waals surface area contributed by atoms with Gasteiger partial charge in [0.1, 0.15) is 0 Å². The Balaban J connectivity index is 2.04. The zero-order chi connectivity index (χ0) is 15.4. The lowest BCUT2D eigenvalue weighted by atomic mass is 10.1. The van der Waals surface area contributed by atoms with Gasteiger partial charge in [0.15, 0.2) is 0 Å². The summed E-state index contributed by atoms with van der Waals surface area (Å²) in [5, 5.41) is 0. The SMILES string of the molecule is COC(=O)CC1CN(C(=O)c2ccc(Br)c(N)c2)CCO1. The number of anilines is 1. The third kappa shape index (κ3) is 3.95. The van der Waals surface area contributed by atoms with Gasteiger partial charge in [0, 0.05) is 28.8 Å². The van der Waals surface area contributed by atoms with Crippen molar-refractivity contribution < 1.29 is 19.1 Å². The van der Waals surface area contributed by atoms with E-state index in [1.165, 1.54) is 7.11 Å². The van der Waals surface area contributed by atoms with Crippen LogP contribution in [0.1, 0.15) is 16.8 Å². The predicted molar refractivity (Wildman–Crippen MR) is 80.8 cm³/mol. The lowest BCUT2D eigenvalue weighted by Crippen LogP contribution is -2.46. The highest BCUT2D eigenvalue weighted by atomic mass is 79.9. The maximum atomic E-state index is 12.4. The van der Waals surface area contributed by atoms with Crippen molar-refractivity contribution in [3.63, 3.8) is 0 Å². The molecule has 1 heterocycles. The number of rotatable bonds is 3. The zero-order valence-electron chi connectivity index (χ0n) is 11.7. The molecule has 2 N–H and O–H groups in total. The van der Waals surface area contributed by atoms with E-state index < -0.39 is 0 Å². The molecule has 0 aliphatic carbocycles. The largest absolute Gasteiger partial charge is 0.469 e. The van der Waals surface area contributed by atoms with E-state index >= 15 is 0 Å². The summed E-state index contributed by atoms with van der Waals surface area (Å²) in [6, 6.07) is 5.10. The standard InChI is InChI=1S/C14H17BrN2O4/c1-20-13(18)7-10-8-17(4-5-21-10)14(19)9-2-3-11(15)12(16)6-9/h2-3,6,10H,4-5,7-8,16H2,1H3. The highest BCUT2D eigenvalue weighted by Gasteiger charge is 2.27. The van der Waals surface area contributed by atoms with Gasteiger partial charge < -0.3 is 20.1 Å². The molecule has 0 radical (unpaired) electrons. The maximum absolute atomic E-state index is 12.4. The van der Waals surface area contributed by atoms with Crippen LogP contribution in [-0.4, -0.2) is 49.7 Å².